The van der Waals surface area contributed by atoms with Crippen molar-refractivity contribution in [3.63, 3.8) is 0 Å². The van der Waals surface area contributed by atoms with E-state index in [-0.39, 0.29) is 6.04 Å². The SMILES string of the molecule is Cc1ccc(S(=O)(=O)N2CCCC2c2nc(C3CNCCN3C)no2)cc1. The number of piperazine rings is 1. The lowest BCUT2D eigenvalue weighted by molar-refractivity contribution is 0.190. The van der Waals surface area contributed by atoms with Gasteiger partial charge < -0.3 is 9.84 Å². The number of hydrogen-bond acceptors (Lipinski definition) is 7. The Bertz CT molecular complexity index is 896. The Hall–Kier alpha value is -1.81. The van der Waals surface area contributed by atoms with Crippen LogP contribution >= 0.6 is 0 Å². The van der Waals surface area contributed by atoms with Crippen LogP contribution in [0.5, 0.6) is 0 Å². The minimum absolute atomic E-state index is 0.0415. The summed E-state index contributed by atoms with van der Waals surface area (Å²) < 4.78 is 33.2. The van der Waals surface area contributed by atoms with Gasteiger partial charge in [-0.2, -0.15) is 9.29 Å². The van der Waals surface area contributed by atoms with Gasteiger partial charge in [-0.05, 0) is 38.9 Å². The summed E-state index contributed by atoms with van der Waals surface area (Å²) in [6.07, 6.45) is 1.46. The lowest BCUT2D eigenvalue weighted by Crippen LogP contribution is -2.44. The van der Waals surface area contributed by atoms with Gasteiger partial charge in [0.05, 0.1) is 10.9 Å². The van der Waals surface area contributed by atoms with E-state index in [4.69, 9.17) is 4.52 Å². The Morgan fingerprint density at radius 3 is 2.70 bits per heavy atom. The first-order valence-electron chi connectivity index (χ1n) is 9.30. The maximum atomic E-state index is 13.1. The van der Waals surface area contributed by atoms with Crippen LogP contribution in [-0.4, -0.2) is 61.0 Å². The number of hydrogen-bond donors (Lipinski definition) is 1. The zero-order chi connectivity index (χ0) is 19.0. The molecule has 4 rings (SSSR count). The molecule has 1 N–H and O–H groups in total. The summed E-state index contributed by atoms with van der Waals surface area (Å²) in [5.74, 6) is 0.997. The minimum atomic E-state index is -3.60. The summed E-state index contributed by atoms with van der Waals surface area (Å²) in [4.78, 5) is 7.06. The molecule has 0 spiro atoms. The highest BCUT2D eigenvalue weighted by Gasteiger charge is 2.40. The van der Waals surface area contributed by atoms with Crippen molar-refractivity contribution in [2.75, 3.05) is 33.2 Å². The van der Waals surface area contributed by atoms with E-state index in [2.05, 4.69) is 20.4 Å². The fraction of sp³-hybridized carbons (Fsp3) is 0.556. The maximum absolute atomic E-state index is 13.1. The zero-order valence-electron chi connectivity index (χ0n) is 15.6. The second-order valence-corrected chi connectivity index (χ2v) is 9.17. The number of nitrogens with zero attached hydrogens (tertiary/aromatic N) is 4. The molecule has 146 valence electrons. The van der Waals surface area contributed by atoms with Crippen molar-refractivity contribution in [1.29, 1.82) is 0 Å². The van der Waals surface area contributed by atoms with Crippen LogP contribution in [0.3, 0.4) is 0 Å². The molecule has 2 saturated heterocycles. The van der Waals surface area contributed by atoms with E-state index >= 15 is 0 Å². The van der Waals surface area contributed by atoms with E-state index in [9.17, 15) is 8.42 Å². The fourth-order valence-corrected chi connectivity index (χ4v) is 5.38. The summed E-state index contributed by atoms with van der Waals surface area (Å²) in [7, 11) is -1.56. The van der Waals surface area contributed by atoms with Crippen molar-refractivity contribution >= 4 is 10.0 Å². The van der Waals surface area contributed by atoms with E-state index in [0.29, 0.717) is 29.6 Å². The number of aryl methyl sites for hydroxylation is 1. The van der Waals surface area contributed by atoms with E-state index in [1.807, 2.05) is 26.1 Å². The average molecular weight is 391 g/mol. The molecule has 0 bridgehead atoms. The quantitative estimate of drug-likeness (QED) is 0.844. The Morgan fingerprint density at radius 2 is 1.96 bits per heavy atom. The lowest BCUT2D eigenvalue weighted by atomic mass is 10.2. The van der Waals surface area contributed by atoms with E-state index in [1.165, 1.54) is 4.31 Å². The van der Waals surface area contributed by atoms with Gasteiger partial charge in [-0.15, -0.1) is 0 Å². The third kappa shape index (κ3) is 3.52. The molecule has 9 heteroatoms. The lowest BCUT2D eigenvalue weighted by Gasteiger charge is -2.30. The van der Waals surface area contributed by atoms with Gasteiger partial charge in [0.2, 0.25) is 15.9 Å². The molecular formula is C18H25N5O3S. The molecule has 0 aliphatic carbocycles. The summed E-state index contributed by atoms with van der Waals surface area (Å²) in [5.41, 5.74) is 1.03. The largest absolute Gasteiger partial charge is 0.337 e. The van der Waals surface area contributed by atoms with E-state index < -0.39 is 16.1 Å². The number of benzene rings is 1. The van der Waals surface area contributed by atoms with Crippen LogP contribution in [0.1, 0.15) is 42.2 Å². The molecule has 2 unspecified atom stereocenters. The van der Waals surface area contributed by atoms with Gasteiger partial charge in [-0.1, -0.05) is 22.9 Å². The van der Waals surface area contributed by atoms with Gasteiger partial charge in [0.1, 0.15) is 6.04 Å². The first-order chi connectivity index (χ1) is 13.0. The molecule has 27 heavy (non-hydrogen) atoms. The van der Waals surface area contributed by atoms with Crippen molar-refractivity contribution < 1.29 is 12.9 Å². The maximum Gasteiger partial charge on any atom is 0.245 e. The van der Waals surface area contributed by atoms with Crippen molar-refractivity contribution in [3.05, 3.63) is 41.5 Å². The van der Waals surface area contributed by atoms with Crippen LogP contribution in [0.25, 0.3) is 0 Å². The molecule has 2 aliphatic rings. The molecule has 8 nitrogen and oxygen atoms in total. The molecular weight excluding hydrogens is 366 g/mol. The van der Waals surface area contributed by atoms with Gasteiger partial charge >= 0.3 is 0 Å². The van der Waals surface area contributed by atoms with Crippen molar-refractivity contribution in [1.82, 2.24) is 24.7 Å². The number of rotatable bonds is 4. The van der Waals surface area contributed by atoms with E-state index in [0.717, 1.165) is 31.6 Å². The summed E-state index contributed by atoms with van der Waals surface area (Å²) in [6, 6.07) is 6.58. The highest BCUT2D eigenvalue weighted by atomic mass is 32.2. The Kier molecular flexibility index (Phi) is 5.02. The first-order valence-corrected chi connectivity index (χ1v) is 10.7. The third-order valence-electron chi connectivity index (χ3n) is 5.38. The van der Waals surface area contributed by atoms with Crippen LogP contribution in [0.4, 0.5) is 0 Å². The minimum Gasteiger partial charge on any atom is -0.337 e. The second kappa shape index (κ2) is 7.31. The molecule has 0 amide bonds. The van der Waals surface area contributed by atoms with Crippen LogP contribution in [0.15, 0.2) is 33.7 Å². The van der Waals surface area contributed by atoms with Gasteiger partial charge in [0.15, 0.2) is 5.82 Å². The summed E-state index contributed by atoms with van der Waals surface area (Å²) in [5, 5.41) is 7.48. The smallest absolute Gasteiger partial charge is 0.245 e. The molecule has 1 aromatic carbocycles. The molecule has 3 heterocycles. The zero-order valence-corrected chi connectivity index (χ0v) is 16.4. The van der Waals surface area contributed by atoms with Gasteiger partial charge in [-0.3, -0.25) is 4.90 Å². The predicted octanol–water partition coefficient (Wildman–Crippen LogP) is 1.48. The third-order valence-corrected chi connectivity index (χ3v) is 7.31. The standard InChI is InChI=1S/C18H25N5O3S/c1-13-5-7-14(8-6-13)27(24,25)23-10-3-4-15(23)18-20-17(21-26-18)16-12-19-9-11-22(16)2/h5-8,15-16,19H,3-4,9-12H2,1-2H3. The van der Waals surface area contributed by atoms with Crippen LogP contribution in [0, 0.1) is 6.92 Å². The highest BCUT2D eigenvalue weighted by Crippen LogP contribution is 2.36. The number of likely N-dealkylation sites (N-methyl/N-ethyl adjacent to an activating group) is 1. The monoisotopic (exact) mass is 391 g/mol. The van der Waals surface area contributed by atoms with Crippen molar-refractivity contribution in [2.45, 2.75) is 36.7 Å². The number of sulfonamides is 1. The molecule has 2 aliphatic heterocycles. The first kappa shape index (κ1) is 18.5. The summed E-state index contributed by atoms with van der Waals surface area (Å²) >= 11 is 0. The number of aromatic nitrogens is 2. The predicted molar refractivity (Wildman–Crippen MR) is 99.6 cm³/mol. The number of nitrogens with one attached hydrogen (secondary N) is 1. The Balaban J connectivity index is 1.59. The van der Waals surface area contributed by atoms with Gasteiger partial charge in [0, 0.05) is 26.2 Å². The molecule has 2 aromatic rings. The summed E-state index contributed by atoms with van der Waals surface area (Å²) in [6.45, 7) is 5.00. The van der Waals surface area contributed by atoms with Crippen LogP contribution in [0.2, 0.25) is 0 Å². The topological polar surface area (TPSA) is 91.6 Å². The average Bonchev–Trinajstić information content (AvgIpc) is 3.32. The Morgan fingerprint density at radius 1 is 1.19 bits per heavy atom. The molecule has 2 fully saturated rings. The van der Waals surface area contributed by atoms with E-state index in [1.54, 1.807) is 12.1 Å². The van der Waals surface area contributed by atoms with Gasteiger partial charge in [-0.25, -0.2) is 8.42 Å². The molecule has 1 aromatic heterocycles. The van der Waals surface area contributed by atoms with Crippen LogP contribution in [-0.2, 0) is 10.0 Å². The molecule has 0 radical (unpaired) electrons. The normalized spacial score (nSPS) is 25.1. The fourth-order valence-electron chi connectivity index (χ4n) is 3.73. The van der Waals surface area contributed by atoms with Crippen molar-refractivity contribution in [3.8, 4) is 0 Å². The molecule has 0 saturated carbocycles. The van der Waals surface area contributed by atoms with Gasteiger partial charge in [0.25, 0.3) is 0 Å². The van der Waals surface area contributed by atoms with Crippen LogP contribution < -0.4 is 5.32 Å². The highest BCUT2D eigenvalue weighted by molar-refractivity contribution is 7.89. The van der Waals surface area contributed by atoms with Crippen molar-refractivity contribution in [2.24, 2.45) is 0 Å². The molecule has 2 atom stereocenters. The Labute approximate surface area is 159 Å². The second-order valence-electron chi connectivity index (χ2n) is 7.28.